The van der Waals surface area contributed by atoms with Crippen molar-refractivity contribution < 1.29 is 24.1 Å². The van der Waals surface area contributed by atoms with Gasteiger partial charge in [0.25, 0.3) is 6.47 Å². The Morgan fingerprint density at radius 3 is 2.19 bits per heavy atom. The van der Waals surface area contributed by atoms with Gasteiger partial charge in [0, 0.05) is 42.7 Å². The predicted octanol–water partition coefficient (Wildman–Crippen LogP) is 9.28. The number of carboxylic acid groups (broad SMARTS) is 1. The molecule has 0 spiro atoms. The molecular weight excluding hydrogens is 677 g/mol. The minimum Gasteiger partial charge on any atom is -0.493 e. The fourth-order valence-electron chi connectivity index (χ4n) is 7.13. The van der Waals surface area contributed by atoms with Gasteiger partial charge in [-0.25, -0.2) is 0 Å². The highest BCUT2D eigenvalue weighted by Crippen LogP contribution is 2.35. The van der Waals surface area contributed by atoms with Gasteiger partial charge in [0.2, 0.25) is 0 Å². The summed E-state index contributed by atoms with van der Waals surface area (Å²) in [6.07, 6.45) is 10.8. The lowest BCUT2D eigenvalue weighted by molar-refractivity contribution is -0.122. The Balaban J connectivity index is 0.00000124. The first kappa shape index (κ1) is 41.8. The lowest BCUT2D eigenvalue weighted by Gasteiger charge is -2.28. The number of carbonyl (C=O) groups is 1. The third kappa shape index (κ3) is 12.1. The highest BCUT2D eigenvalue weighted by Gasteiger charge is 2.18. The van der Waals surface area contributed by atoms with E-state index in [4.69, 9.17) is 24.1 Å². The van der Waals surface area contributed by atoms with Crippen molar-refractivity contribution in [2.45, 2.75) is 92.9 Å². The van der Waals surface area contributed by atoms with Crippen molar-refractivity contribution in [2.75, 3.05) is 39.3 Å². The van der Waals surface area contributed by atoms with Crippen molar-refractivity contribution in [1.82, 2.24) is 14.8 Å². The number of hydrogen-bond donors (Lipinski definition) is 1. The van der Waals surface area contributed by atoms with Crippen molar-refractivity contribution >= 4 is 6.47 Å². The number of rotatable bonds is 14. The molecule has 4 aromatic rings. The number of aryl methyl sites for hydroxylation is 1. The van der Waals surface area contributed by atoms with Gasteiger partial charge in [-0.1, -0.05) is 50.6 Å². The number of likely N-dealkylation sites (tertiary alicyclic amines) is 2. The number of pyridine rings is 1. The van der Waals surface area contributed by atoms with Crippen LogP contribution in [-0.4, -0.2) is 65.7 Å². The third-order valence-electron chi connectivity index (χ3n) is 10.0. The standard InChI is InChI=1S/C42H50N4O3.C2H6.CH2O2/c1-31-22-37(24-42(40(31)28-46-18-5-4-6-19-46)49-29-35-23-34(25-43)26-44-27-35)48-30-36-12-9-13-38(32(36)2)39-14-10-15-41(33(39)3)47-21-11-20-45-16-7-8-17-45;1-2;2-1-3/h9-10,12-15,22-24,26-27H,4-8,11,16-21,28-30H2,1-3H3;1-2H3;1H,(H,2,3). The van der Waals surface area contributed by atoms with Crippen LogP contribution in [0.3, 0.4) is 0 Å². The molecule has 3 heterocycles. The molecule has 1 N–H and O–H groups in total. The van der Waals surface area contributed by atoms with Crippen molar-refractivity contribution in [3.8, 4) is 34.4 Å². The summed E-state index contributed by atoms with van der Waals surface area (Å²) < 4.78 is 19.2. The second-order valence-electron chi connectivity index (χ2n) is 13.7. The average molecular weight is 735 g/mol. The van der Waals surface area contributed by atoms with Gasteiger partial charge in [-0.05, 0) is 131 Å². The maximum absolute atomic E-state index is 9.34. The summed E-state index contributed by atoms with van der Waals surface area (Å²) in [5.74, 6) is 2.56. The quantitative estimate of drug-likeness (QED) is 0.100. The van der Waals surface area contributed by atoms with Gasteiger partial charge >= 0.3 is 0 Å². The van der Waals surface area contributed by atoms with Crippen LogP contribution >= 0.6 is 0 Å². The largest absolute Gasteiger partial charge is 0.493 e. The van der Waals surface area contributed by atoms with Crippen molar-refractivity contribution in [2.24, 2.45) is 0 Å². The van der Waals surface area contributed by atoms with Crippen LogP contribution in [0.2, 0.25) is 0 Å². The molecule has 9 heteroatoms. The van der Waals surface area contributed by atoms with Crippen LogP contribution < -0.4 is 14.2 Å². The van der Waals surface area contributed by atoms with Gasteiger partial charge in [-0.15, -0.1) is 0 Å². The molecule has 1 aromatic heterocycles. The number of hydrogen-bond acceptors (Lipinski definition) is 8. The van der Waals surface area contributed by atoms with E-state index >= 15 is 0 Å². The molecule has 0 atom stereocenters. The van der Waals surface area contributed by atoms with E-state index in [2.05, 4.69) is 84.1 Å². The van der Waals surface area contributed by atoms with E-state index in [0.29, 0.717) is 18.8 Å². The van der Waals surface area contributed by atoms with Crippen molar-refractivity contribution in [3.63, 3.8) is 0 Å². The molecule has 3 aromatic carbocycles. The molecule has 6 rings (SSSR count). The zero-order chi connectivity index (χ0) is 38.7. The van der Waals surface area contributed by atoms with Crippen LogP contribution in [0.5, 0.6) is 17.2 Å². The normalized spacial score (nSPS) is 14.1. The van der Waals surface area contributed by atoms with Gasteiger partial charge < -0.3 is 24.2 Å². The summed E-state index contributed by atoms with van der Waals surface area (Å²) in [7, 11) is 0. The van der Waals surface area contributed by atoms with Gasteiger partial charge in [-0.3, -0.25) is 14.7 Å². The first-order valence-electron chi connectivity index (χ1n) is 19.5. The lowest BCUT2D eigenvalue weighted by atomic mass is 9.93. The van der Waals surface area contributed by atoms with Gasteiger partial charge in [0.15, 0.2) is 0 Å². The van der Waals surface area contributed by atoms with Gasteiger partial charge in [0.05, 0.1) is 12.2 Å². The van der Waals surface area contributed by atoms with E-state index in [1.165, 1.54) is 73.0 Å². The lowest BCUT2D eigenvalue weighted by Crippen LogP contribution is -2.29. The van der Waals surface area contributed by atoms with Gasteiger partial charge in [-0.2, -0.15) is 5.26 Å². The molecule has 2 aliphatic heterocycles. The first-order valence-corrected chi connectivity index (χ1v) is 19.5. The number of nitriles is 1. The molecule has 2 saturated heterocycles. The Bertz CT molecular complexity index is 1810. The van der Waals surface area contributed by atoms with Gasteiger partial charge in [0.1, 0.15) is 36.5 Å². The molecule has 9 nitrogen and oxygen atoms in total. The van der Waals surface area contributed by atoms with E-state index in [0.717, 1.165) is 73.1 Å². The van der Waals surface area contributed by atoms with Crippen LogP contribution in [0.25, 0.3) is 11.1 Å². The second kappa shape index (κ2) is 22.3. The molecule has 0 aliphatic carbocycles. The molecular formula is C45H58N4O5. The molecule has 2 fully saturated rings. The highest BCUT2D eigenvalue weighted by atomic mass is 16.5. The Morgan fingerprint density at radius 2 is 1.46 bits per heavy atom. The molecule has 0 saturated carbocycles. The maximum atomic E-state index is 9.34. The third-order valence-corrected chi connectivity index (χ3v) is 10.0. The van der Waals surface area contributed by atoms with Crippen LogP contribution in [0.1, 0.15) is 91.3 Å². The van der Waals surface area contributed by atoms with Crippen molar-refractivity contribution in [1.29, 1.82) is 5.26 Å². The Kier molecular flexibility index (Phi) is 17.3. The van der Waals surface area contributed by atoms with E-state index in [1.807, 2.05) is 26.0 Å². The first-order chi connectivity index (χ1) is 26.4. The minimum absolute atomic E-state index is 0.250. The number of ether oxygens (including phenoxy) is 3. The number of benzene rings is 3. The maximum Gasteiger partial charge on any atom is 0.290 e. The average Bonchev–Trinajstić information content (AvgIpc) is 3.72. The summed E-state index contributed by atoms with van der Waals surface area (Å²) in [5, 5.41) is 16.2. The fraction of sp³-hybridized carbons (Fsp3) is 0.444. The summed E-state index contributed by atoms with van der Waals surface area (Å²) in [6, 6.07) is 21.0. The van der Waals surface area contributed by atoms with E-state index in [1.54, 1.807) is 12.4 Å². The smallest absolute Gasteiger partial charge is 0.290 e. The summed E-state index contributed by atoms with van der Waals surface area (Å²) >= 11 is 0. The molecule has 0 unspecified atom stereocenters. The summed E-state index contributed by atoms with van der Waals surface area (Å²) in [4.78, 5) is 17.6. The van der Waals surface area contributed by atoms with Crippen LogP contribution in [0.4, 0.5) is 0 Å². The predicted molar refractivity (Wildman–Crippen MR) is 215 cm³/mol. The number of aromatic nitrogens is 1. The summed E-state index contributed by atoms with van der Waals surface area (Å²) in [6.45, 7) is 18.4. The van der Waals surface area contributed by atoms with Crippen molar-refractivity contribution in [3.05, 3.63) is 106 Å². The molecule has 0 radical (unpaired) electrons. The molecule has 0 amide bonds. The Morgan fingerprint density at radius 1 is 0.796 bits per heavy atom. The second-order valence-corrected chi connectivity index (χ2v) is 13.7. The highest BCUT2D eigenvalue weighted by molar-refractivity contribution is 5.73. The van der Waals surface area contributed by atoms with Crippen LogP contribution in [-0.2, 0) is 24.6 Å². The van der Waals surface area contributed by atoms with Crippen LogP contribution in [0.15, 0.2) is 67.0 Å². The number of piperidine rings is 1. The topological polar surface area (TPSA) is 108 Å². The Hall–Kier alpha value is -4.91. The zero-order valence-electron chi connectivity index (χ0n) is 32.9. The molecule has 0 bridgehead atoms. The molecule has 54 heavy (non-hydrogen) atoms. The number of nitrogens with zero attached hydrogens (tertiary/aromatic N) is 4. The molecule has 288 valence electrons. The SMILES string of the molecule is CC.Cc1cc(OCc2cccc(-c3cccc(OCCCN4CCCC4)c3C)c2C)cc(OCc2cncc(C#N)c2)c1CN1CCCCC1.O=CO. The van der Waals surface area contributed by atoms with E-state index in [9.17, 15) is 5.26 Å². The minimum atomic E-state index is -0.250. The Labute approximate surface area is 322 Å². The molecule has 2 aliphatic rings. The van der Waals surface area contributed by atoms with E-state index < -0.39 is 0 Å². The monoisotopic (exact) mass is 734 g/mol. The summed E-state index contributed by atoms with van der Waals surface area (Å²) in [5.41, 5.74) is 9.65. The fourth-order valence-corrected chi connectivity index (χ4v) is 7.13. The van der Waals surface area contributed by atoms with Crippen LogP contribution in [0, 0.1) is 32.1 Å². The van der Waals surface area contributed by atoms with E-state index in [-0.39, 0.29) is 6.47 Å². The zero-order valence-corrected chi connectivity index (χ0v) is 32.9.